The van der Waals surface area contributed by atoms with E-state index in [1.807, 2.05) is 18.3 Å². The van der Waals surface area contributed by atoms with Crippen LogP contribution in [0, 0.1) is 0 Å². The monoisotopic (exact) mass is 320 g/mol. The fourth-order valence-corrected chi connectivity index (χ4v) is 2.90. The third kappa shape index (κ3) is 2.90. The normalized spacial score (nSPS) is 18.9. The van der Waals surface area contributed by atoms with Crippen LogP contribution >= 0.6 is 15.9 Å². The van der Waals surface area contributed by atoms with Gasteiger partial charge in [0.25, 0.3) is 0 Å². The van der Waals surface area contributed by atoms with Crippen LogP contribution in [0.15, 0.2) is 35.2 Å². The summed E-state index contributed by atoms with van der Waals surface area (Å²) in [4.78, 5) is 4.39. The molecule has 0 spiro atoms. The first kappa shape index (κ1) is 12.9. The maximum Gasteiger partial charge on any atom is 0.0807 e. The zero-order valence-electron chi connectivity index (χ0n) is 10.7. The molecule has 0 amide bonds. The highest BCUT2D eigenvalue weighted by molar-refractivity contribution is 9.10. The number of hydrogen-bond donors (Lipinski definition) is 1. The Morgan fingerprint density at radius 3 is 3.00 bits per heavy atom. The summed E-state index contributed by atoms with van der Waals surface area (Å²) < 4.78 is 3.13. The summed E-state index contributed by atoms with van der Waals surface area (Å²) in [6, 6.07) is 4.03. The van der Waals surface area contributed by atoms with Crippen molar-refractivity contribution in [3.63, 3.8) is 0 Å². The largest absolute Gasteiger partial charge is 0.388 e. The van der Waals surface area contributed by atoms with Gasteiger partial charge in [0.05, 0.1) is 18.3 Å². The zero-order valence-corrected chi connectivity index (χ0v) is 12.3. The van der Waals surface area contributed by atoms with Crippen molar-refractivity contribution in [1.29, 1.82) is 0 Å². The van der Waals surface area contributed by atoms with Gasteiger partial charge in [-0.25, -0.2) is 0 Å². The molecule has 0 aromatic carbocycles. The van der Waals surface area contributed by atoms with Gasteiger partial charge >= 0.3 is 0 Å². The Hall–Kier alpha value is -1.13. The molecule has 3 nitrogen and oxygen atoms in total. The highest BCUT2D eigenvalue weighted by Gasteiger charge is 2.18. The molecule has 1 unspecified atom stereocenters. The van der Waals surface area contributed by atoms with Gasteiger partial charge in [0, 0.05) is 28.6 Å². The number of fused-ring (bicyclic) bond motifs is 1. The second-order valence-corrected chi connectivity index (χ2v) is 6.06. The molecule has 19 heavy (non-hydrogen) atoms. The quantitative estimate of drug-likeness (QED) is 0.860. The minimum absolute atomic E-state index is 0.295. The number of aliphatic hydroxyl groups is 1. The van der Waals surface area contributed by atoms with E-state index in [2.05, 4.69) is 37.9 Å². The van der Waals surface area contributed by atoms with E-state index in [0.717, 1.165) is 41.5 Å². The smallest absolute Gasteiger partial charge is 0.0807 e. The van der Waals surface area contributed by atoms with Crippen LogP contribution in [0.1, 0.15) is 42.2 Å². The van der Waals surface area contributed by atoms with Gasteiger partial charge in [0.1, 0.15) is 0 Å². The van der Waals surface area contributed by atoms with Crippen LogP contribution in [0.3, 0.4) is 0 Å². The molecule has 0 radical (unpaired) electrons. The molecule has 0 fully saturated rings. The Morgan fingerprint density at radius 2 is 2.21 bits per heavy atom. The topological polar surface area (TPSA) is 38.0 Å². The maximum atomic E-state index is 10.1. The highest BCUT2D eigenvalue weighted by atomic mass is 79.9. The Labute approximate surface area is 121 Å². The standard InChI is InChI=1S/C15H17BrN2O/c16-12-5-6-13(17-7-12)9-18-8-11-3-1-2-4-15(19)14(11)10-18/h5-8,10,15,19H,1-4,9H2. The Balaban J connectivity index is 1.82. The molecule has 0 saturated carbocycles. The fraction of sp³-hybridized carbons (Fsp3) is 0.400. The Bertz CT molecular complexity index is 562. The lowest BCUT2D eigenvalue weighted by Gasteiger charge is -2.06. The lowest BCUT2D eigenvalue weighted by molar-refractivity contribution is 0.166. The molecule has 2 aromatic rings. The zero-order chi connectivity index (χ0) is 13.2. The van der Waals surface area contributed by atoms with Crippen molar-refractivity contribution in [3.8, 4) is 0 Å². The van der Waals surface area contributed by atoms with E-state index in [1.54, 1.807) is 0 Å². The van der Waals surface area contributed by atoms with Crippen molar-refractivity contribution >= 4 is 15.9 Å². The predicted octanol–water partition coefficient (Wildman–Crippen LogP) is 3.45. The molecule has 4 heteroatoms. The first-order chi connectivity index (χ1) is 9.22. The van der Waals surface area contributed by atoms with Gasteiger partial charge in [0.15, 0.2) is 0 Å². The van der Waals surface area contributed by atoms with Crippen LogP contribution in [-0.4, -0.2) is 14.7 Å². The minimum Gasteiger partial charge on any atom is -0.388 e. The Morgan fingerprint density at radius 1 is 1.32 bits per heavy atom. The molecule has 0 aliphatic heterocycles. The molecule has 0 saturated heterocycles. The molecule has 2 heterocycles. The second-order valence-electron chi connectivity index (χ2n) is 5.14. The SMILES string of the molecule is OC1CCCCc2cn(Cc3ccc(Br)cn3)cc21. The fourth-order valence-electron chi connectivity index (χ4n) is 2.67. The summed E-state index contributed by atoms with van der Waals surface area (Å²) >= 11 is 3.39. The van der Waals surface area contributed by atoms with Gasteiger partial charge < -0.3 is 9.67 Å². The van der Waals surface area contributed by atoms with Crippen LogP contribution in [0.5, 0.6) is 0 Å². The number of nitrogens with zero attached hydrogens (tertiary/aromatic N) is 2. The number of pyridine rings is 1. The molecule has 0 bridgehead atoms. The number of halogens is 1. The predicted molar refractivity (Wildman–Crippen MR) is 78.0 cm³/mol. The third-order valence-electron chi connectivity index (χ3n) is 3.66. The molecule has 100 valence electrons. The number of aromatic nitrogens is 2. The van der Waals surface area contributed by atoms with Crippen LogP contribution in [0.25, 0.3) is 0 Å². The summed E-state index contributed by atoms with van der Waals surface area (Å²) in [5.74, 6) is 0. The van der Waals surface area contributed by atoms with E-state index in [0.29, 0.717) is 0 Å². The van der Waals surface area contributed by atoms with E-state index in [1.165, 1.54) is 12.0 Å². The maximum absolute atomic E-state index is 10.1. The van der Waals surface area contributed by atoms with Gasteiger partial charge in [-0.05, 0) is 52.9 Å². The van der Waals surface area contributed by atoms with Crippen molar-refractivity contribution in [2.45, 2.75) is 38.3 Å². The molecule has 1 N–H and O–H groups in total. The van der Waals surface area contributed by atoms with Gasteiger partial charge in [-0.3, -0.25) is 4.98 Å². The Kier molecular flexibility index (Phi) is 3.71. The highest BCUT2D eigenvalue weighted by Crippen LogP contribution is 2.29. The summed E-state index contributed by atoms with van der Waals surface area (Å²) in [6.07, 6.45) is 10.0. The van der Waals surface area contributed by atoms with Crippen LogP contribution in [0.4, 0.5) is 0 Å². The molecule has 3 rings (SSSR count). The van der Waals surface area contributed by atoms with Crippen molar-refractivity contribution in [3.05, 3.63) is 52.0 Å². The van der Waals surface area contributed by atoms with Gasteiger partial charge in [-0.1, -0.05) is 6.42 Å². The molecule has 1 atom stereocenters. The second kappa shape index (κ2) is 5.47. The van der Waals surface area contributed by atoms with Gasteiger partial charge in [-0.2, -0.15) is 0 Å². The van der Waals surface area contributed by atoms with Crippen LogP contribution in [-0.2, 0) is 13.0 Å². The molecule has 1 aliphatic rings. The number of hydrogen-bond acceptors (Lipinski definition) is 2. The molecular formula is C15H17BrN2O. The minimum atomic E-state index is -0.295. The van der Waals surface area contributed by atoms with E-state index in [-0.39, 0.29) is 6.10 Å². The summed E-state index contributed by atoms with van der Waals surface area (Å²) in [7, 11) is 0. The molecular weight excluding hydrogens is 304 g/mol. The van der Waals surface area contributed by atoms with E-state index >= 15 is 0 Å². The third-order valence-corrected chi connectivity index (χ3v) is 4.13. The van der Waals surface area contributed by atoms with Gasteiger partial charge in [0.2, 0.25) is 0 Å². The lowest BCUT2D eigenvalue weighted by atomic mass is 10.1. The number of aryl methyl sites for hydroxylation is 1. The van der Waals surface area contributed by atoms with Crippen molar-refractivity contribution in [2.24, 2.45) is 0 Å². The first-order valence-corrected chi connectivity index (χ1v) is 7.49. The van der Waals surface area contributed by atoms with Crippen molar-refractivity contribution in [2.75, 3.05) is 0 Å². The first-order valence-electron chi connectivity index (χ1n) is 6.69. The average molecular weight is 321 g/mol. The number of aliphatic hydroxyl groups excluding tert-OH is 1. The molecule has 1 aliphatic carbocycles. The van der Waals surface area contributed by atoms with Crippen molar-refractivity contribution in [1.82, 2.24) is 9.55 Å². The van der Waals surface area contributed by atoms with E-state index < -0.39 is 0 Å². The summed E-state index contributed by atoms with van der Waals surface area (Å²) in [6.45, 7) is 0.757. The molecule has 2 aromatic heterocycles. The summed E-state index contributed by atoms with van der Waals surface area (Å²) in [5, 5.41) is 10.1. The summed E-state index contributed by atoms with van der Waals surface area (Å²) in [5.41, 5.74) is 3.43. The lowest BCUT2D eigenvalue weighted by Crippen LogP contribution is -2.00. The van der Waals surface area contributed by atoms with E-state index in [4.69, 9.17) is 0 Å². The van der Waals surface area contributed by atoms with Crippen LogP contribution in [0.2, 0.25) is 0 Å². The van der Waals surface area contributed by atoms with Crippen LogP contribution < -0.4 is 0 Å². The van der Waals surface area contributed by atoms with Crippen molar-refractivity contribution < 1.29 is 5.11 Å². The average Bonchev–Trinajstić information content (AvgIpc) is 2.72. The van der Waals surface area contributed by atoms with E-state index in [9.17, 15) is 5.11 Å². The number of rotatable bonds is 2. The van der Waals surface area contributed by atoms with Gasteiger partial charge in [-0.15, -0.1) is 0 Å².